The summed E-state index contributed by atoms with van der Waals surface area (Å²) in [4.78, 5) is 11.5. The van der Waals surface area contributed by atoms with Gasteiger partial charge in [-0.2, -0.15) is 0 Å². The molecule has 104 valence electrons. The first-order valence-corrected chi connectivity index (χ1v) is 7.98. The van der Waals surface area contributed by atoms with E-state index in [2.05, 4.69) is 14.9 Å². The summed E-state index contributed by atoms with van der Waals surface area (Å²) < 4.78 is 0. The molecule has 0 aromatic carbocycles. The predicted octanol–water partition coefficient (Wildman–Crippen LogP) is 3.68. The second-order valence-corrected chi connectivity index (χ2v) is 6.11. The maximum atomic E-state index is 6.07. The Kier molecular flexibility index (Phi) is 3.92. The van der Waals surface area contributed by atoms with E-state index < -0.39 is 0 Å². The minimum Gasteiger partial charge on any atom is -0.353 e. The number of hydrogen-bond donors (Lipinski definition) is 0. The van der Waals surface area contributed by atoms with Gasteiger partial charge in [0.25, 0.3) is 0 Å². The number of nitrogens with zero attached hydrogens (tertiary/aromatic N) is 3. The zero-order valence-electron chi connectivity index (χ0n) is 11.6. The Morgan fingerprint density at radius 1 is 1.26 bits per heavy atom. The third kappa shape index (κ3) is 2.58. The molecule has 4 heteroatoms. The van der Waals surface area contributed by atoms with Crippen LogP contribution in [0.3, 0.4) is 0 Å². The molecule has 1 aliphatic carbocycles. The fourth-order valence-corrected chi connectivity index (χ4v) is 3.90. The summed E-state index contributed by atoms with van der Waals surface area (Å²) in [5.74, 6) is 3.31. The molecule has 3 rings (SSSR count). The summed E-state index contributed by atoms with van der Waals surface area (Å²) in [7, 11) is 0. The van der Waals surface area contributed by atoms with Crippen LogP contribution in [0.5, 0.6) is 0 Å². The second kappa shape index (κ2) is 5.66. The lowest BCUT2D eigenvalue weighted by atomic mass is 9.78. The van der Waals surface area contributed by atoms with E-state index in [0.717, 1.165) is 29.7 Å². The van der Waals surface area contributed by atoms with Gasteiger partial charge in [0.05, 0.1) is 5.88 Å². The van der Waals surface area contributed by atoms with Crippen molar-refractivity contribution in [3.63, 3.8) is 0 Å². The molecule has 1 aromatic heterocycles. The Hall–Kier alpha value is -0.830. The molecule has 1 aromatic rings. The van der Waals surface area contributed by atoms with E-state index in [9.17, 15) is 0 Å². The molecular weight excluding hydrogens is 258 g/mol. The molecular formula is C15H22ClN3. The molecule has 0 N–H and O–H groups in total. The highest BCUT2D eigenvalue weighted by molar-refractivity contribution is 6.17. The fourth-order valence-electron chi connectivity index (χ4n) is 3.71. The summed E-state index contributed by atoms with van der Waals surface area (Å²) in [6.45, 7) is 3.09. The van der Waals surface area contributed by atoms with Gasteiger partial charge in [0.2, 0.25) is 0 Å². The average Bonchev–Trinajstić information content (AvgIpc) is 2.46. The van der Waals surface area contributed by atoms with Gasteiger partial charge in [0.1, 0.15) is 11.6 Å². The molecule has 2 aliphatic rings. The SMILES string of the molecule is Cc1ncc(CCl)c(N2CCC[C@H]3CCCC[C@H]32)n1. The molecule has 1 saturated carbocycles. The van der Waals surface area contributed by atoms with Crippen LogP contribution in [0.25, 0.3) is 0 Å². The van der Waals surface area contributed by atoms with Crippen LogP contribution in [0.15, 0.2) is 6.20 Å². The Morgan fingerprint density at radius 3 is 2.89 bits per heavy atom. The van der Waals surface area contributed by atoms with E-state index in [1.54, 1.807) is 0 Å². The van der Waals surface area contributed by atoms with Crippen LogP contribution in [0.2, 0.25) is 0 Å². The molecule has 2 atom stereocenters. The number of fused-ring (bicyclic) bond motifs is 1. The van der Waals surface area contributed by atoms with Crippen LogP contribution in [0, 0.1) is 12.8 Å². The van der Waals surface area contributed by atoms with Crippen molar-refractivity contribution in [3.05, 3.63) is 17.6 Å². The van der Waals surface area contributed by atoms with Crippen molar-refractivity contribution >= 4 is 17.4 Å². The van der Waals surface area contributed by atoms with Gasteiger partial charge in [0.15, 0.2) is 0 Å². The number of aryl methyl sites for hydroxylation is 1. The lowest BCUT2D eigenvalue weighted by molar-refractivity contribution is 0.242. The summed E-state index contributed by atoms with van der Waals surface area (Å²) in [5.41, 5.74) is 1.08. The van der Waals surface area contributed by atoms with Crippen LogP contribution < -0.4 is 4.90 Å². The zero-order valence-corrected chi connectivity index (χ0v) is 12.4. The van der Waals surface area contributed by atoms with Crippen LogP contribution in [0.4, 0.5) is 5.82 Å². The Bertz CT molecular complexity index is 447. The monoisotopic (exact) mass is 279 g/mol. The van der Waals surface area contributed by atoms with Crippen LogP contribution >= 0.6 is 11.6 Å². The summed E-state index contributed by atoms with van der Waals surface area (Å²) >= 11 is 6.07. The number of rotatable bonds is 2. The fraction of sp³-hybridized carbons (Fsp3) is 0.733. The standard InChI is InChI=1S/C15H22ClN3/c1-11-17-10-13(9-16)15(18-11)19-8-4-6-12-5-2-3-7-14(12)19/h10,12,14H,2-9H2,1H3/t12-,14-/m1/s1. The van der Waals surface area contributed by atoms with Crippen molar-refractivity contribution < 1.29 is 0 Å². The number of anilines is 1. The Labute approximate surface area is 120 Å². The van der Waals surface area contributed by atoms with Gasteiger partial charge >= 0.3 is 0 Å². The predicted molar refractivity (Wildman–Crippen MR) is 78.7 cm³/mol. The van der Waals surface area contributed by atoms with E-state index in [0.29, 0.717) is 11.9 Å². The number of alkyl halides is 1. The van der Waals surface area contributed by atoms with Crippen molar-refractivity contribution in [2.75, 3.05) is 11.4 Å². The summed E-state index contributed by atoms with van der Waals surface area (Å²) in [5, 5.41) is 0. The van der Waals surface area contributed by atoms with Crippen molar-refractivity contribution in [3.8, 4) is 0 Å². The molecule has 0 bridgehead atoms. The first kappa shape index (κ1) is 13.2. The van der Waals surface area contributed by atoms with Gasteiger partial charge in [-0.3, -0.25) is 0 Å². The molecule has 0 radical (unpaired) electrons. The number of piperidine rings is 1. The summed E-state index contributed by atoms with van der Waals surface area (Å²) in [6, 6.07) is 0.679. The van der Waals surface area contributed by atoms with Crippen LogP contribution in [-0.4, -0.2) is 22.6 Å². The van der Waals surface area contributed by atoms with Crippen molar-refractivity contribution in [1.82, 2.24) is 9.97 Å². The molecule has 0 amide bonds. The topological polar surface area (TPSA) is 29.0 Å². The van der Waals surface area contributed by atoms with Crippen molar-refractivity contribution in [2.24, 2.45) is 5.92 Å². The van der Waals surface area contributed by atoms with Crippen molar-refractivity contribution in [1.29, 1.82) is 0 Å². The minimum atomic E-state index is 0.503. The van der Waals surface area contributed by atoms with Gasteiger partial charge in [0, 0.05) is 24.3 Å². The molecule has 19 heavy (non-hydrogen) atoms. The zero-order chi connectivity index (χ0) is 13.2. The number of aromatic nitrogens is 2. The average molecular weight is 280 g/mol. The van der Waals surface area contributed by atoms with E-state index in [-0.39, 0.29) is 0 Å². The Morgan fingerprint density at radius 2 is 2.05 bits per heavy atom. The van der Waals surface area contributed by atoms with Gasteiger partial charge in [-0.25, -0.2) is 9.97 Å². The Balaban J connectivity index is 1.93. The number of halogens is 1. The number of hydrogen-bond acceptors (Lipinski definition) is 3. The third-order valence-corrected chi connectivity index (χ3v) is 4.91. The van der Waals surface area contributed by atoms with Crippen LogP contribution in [-0.2, 0) is 5.88 Å². The van der Waals surface area contributed by atoms with E-state index >= 15 is 0 Å². The van der Waals surface area contributed by atoms with E-state index in [1.807, 2.05) is 13.1 Å². The third-order valence-electron chi connectivity index (χ3n) is 4.62. The highest BCUT2D eigenvalue weighted by Crippen LogP contribution is 2.38. The first-order valence-electron chi connectivity index (χ1n) is 7.44. The van der Waals surface area contributed by atoms with Gasteiger partial charge in [-0.05, 0) is 38.5 Å². The smallest absolute Gasteiger partial charge is 0.136 e. The quantitative estimate of drug-likeness (QED) is 0.773. The molecule has 0 spiro atoms. The lowest BCUT2D eigenvalue weighted by Gasteiger charge is -2.45. The maximum Gasteiger partial charge on any atom is 0.136 e. The first-order chi connectivity index (χ1) is 9.29. The highest BCUT2D eigenvalue weighted by Gasteiger charge is 2.34. The largest absolute Gasteiger partial charge is 0.353 e. The highest BCUT2D eigenvalue weighted by atomic mass is 35.5. The molecule has 2 fully saturated rings. The minimum absolute atomic E-state index is 0.503. The second-order valence-electron chi connectivity index (χ2n) is 5.85. The van der Waals surface area contributed by atoms with Gasteiger partial charge in [-0.1, -0.05) is 12.8 Å². The van der Waals surface area contributed by atoms with E-state index in [4.69, 9.17) is 11.6 Å². The summed E-state index contributed by atoms with van der Waals surface area (Å²) in [6.07, 6.45) is 10.0. The van der Waals surface area contributed by atoms with E-state index in [1.165, 1.54) is 38.5 Å². The molecule has 1 saturated heterocycles. The molecule has 3 nitrogen and oxygen atoms in total. The maximum absolute atomic E-state index is 6.07. The molecule has 1 aliphatic heterocycles. The van der Waals surface area contributed by atoms with Crippen molar-refractivity contribution in [2.45, 2.75) is 57.4 Å². The molecule has 2 heterocycles. The molecule has 0 unspecified atom stereocenters. The van der Waals surface area contributed by atoms with Gasteiger partial charge in [-0.15, -0.1) is 11.6 Å². The van der Waals surface area contributed by atoms with Gasteiger partial charge < -0.3 is 4.90 Å². The normalized spacial score (nSPS) is 27.2. The lowest BCUT2D eigenvalue weighted by Crippen LogP contribution is -2.47. The van der Waals surface area contributed by atoms with Crippen LogP contribution in [0.1, 0.15) is 49.9 Å².